The summed E-state index contributed by atoms with van der Waals surface area (Å²) in [6.45, 7) is 2.47. The molecular formula is C21H25N3O5S. The summed E-state index contributed by atoms with van der Waals surface area (Å²) in [7, 11) is -3.63. The second kappa shape index (κ2) is 7.39. The van der Waals surface area contributed by atoms with Crippen LogP contribution in [0.2, 0.25) is 0 Å². The van der Waals surface area contributed by atoms with Crippen LogP contribution in [0, 0.1) is 11.3 Å². The fourth-order valence-electron chi connectivity index (χ4n) is 4.38. The summed E-state index contributed by atoms with van der Waals surface area (Å²) >= 11 is 0. The Kier molecular flexibility index (Phi) is 4.82. The van der Waals surface area contributed by atoms with E-state index in [1.165, 1.54) is 6.20 Å². The number of piperidine rings is 1. The minimum absolute atomic E-state index is 0.179. The molecule has 1 amide bonds. The lowest BCUT2D eigenvalue weighted by molar-refractivity contribution is 0.0276. The summed E-state index contributed by atoms with van der Waals surface area (Å²) < 4.78 is 39.6. The van der Waals surface area contributed by atoms with Crippen molar-refractivity contribution in [3.63, 3.8) is 0 Å². The predicted octanol–water partition coefficient (Wildman–Crippen LogP) is 2.39. The smallest absolute Gasteiger partial charge is 0.292 e. The lowest BCUT2D eigenvalue weighted by Gasteiger charge is -2.44. The molecule has 0 atom stereocenters. The van der Waals surface area contributed by atoms with E-state index in [1.54, 1.807) is 39.5 Å². The van der Waals surface area contributed by atoms with Gasteiger partial charge in [-0.2, -0.15) is 4.31 Å². The van der Waals surface area contributed by atoms with Crippen LogP contribution >= 0.6 is 0 Å². The largest absolute Gasteiger partial charge is 0.492 e. The number of aromatic nitrogens is 1. The number of nitrogens with zero attached hydrogens (tertiary/aromatic N) is 3. The van der Waals surface area contributed by atoms with E-state index in [0.717, 1.165) is 12.8 Å². The molecule has 5 rings (SSSR count). The van der Waals surface area contributed by atoms with Crippen LogP contribution in [0.5, 0.6) is 5.75 Å². The molecule has 0 radical (unpaired) electrons. The second-order valence-corrected chi connectivity index (χ2v) is 10.6. The van der Waals surface area contributed by atoms with Crippen LogP contribution in [0.4, 0.5) is 0 Å². The van der Waals surface area contributed by atoms with Crippen LogP contribution < -0.4 is 4.74 Å². The molecule has 9 heteroatoms. The number of benzene rings is 1. The number of hydrogen-bond acceptors (Lipinski definition) is 6. The zero-order valence-electron chi connectivity index (χ0n) is 16.7. The summed E-state index contributed by atoms with van der Waals surface area (Å²) in [5.41, 5.74) is -0.326. The van der Waals surface area contributed by atoms with Gasteiger partial charge in [0.05, 0.1) is 12.8 Å². The Labute approximate surface area is 175 Å². The molecular weight excluding hydrogens is 406 g/mol. The molecule has 1 saturated heterocycles. The zero-order chi connectivity index (χ0) is 20.8. The summed E-state index contributed by atoms with van der Waals surface area (Å²) in [5.74, 6) is 0.906. The van der Waals surface area contributed by atoms with Crippen molar-refractivity contribution in [2.75, 3.05) is 32.8 Å². The first-order valence-corrected chi connectivity index (χ1v) is 11.8. The number of sulfonamides is 1. The van der Waals surface area contributed by atoms with E-state index >= 15 is 0 Å². The van der Waals surface area contributed by atoms with Gasteiger partial charge < -0.3 is 14.2 Å². The number of ether oxygens (including phenoxy) is 1. The fourth-order valence-corrected chi connectivity index (χ4v) is 6.14. The first kappa shape index (κ1) is 19.6. The van der Waals surface area contributed by atoms with Crippen molar-refractivity contribution in [2.45, 2.75) is 30.6 Å². The van der Waals surface area contributed by atoms with Crippen LogP contribution in [-0.2, 0) is 10.0 Å². The number of carbonyl (C=O) groups is 1. The summed E-state index contributed by atoms with van der Waals surface area (Å²) in [6, 6.07) is 8.45. The van der Waals surface area contributed by atoms with Gasteiger partial charge >= 0.3 is 0 Å². The van der Waals surface area contributed by atoms with E-state index in [4.69, 9.17) is 9.26 Å². The molecule has 1 aromatic heterocycles. The molecule has 0 bridgehead atoms. The minimum atomic E-state index is -3.63. The fraction of sp³-hybridized carbons (Fsp3) is 0.524. The van der Waals surface area contributed by atoms with Gasteiger partial charge in [0.2, 0.25) is 15.8 Å². The average Bonchev–Trinajstić information content (AvgIpc) is 3.40. The topological polar surface area (TPSA) is 93.0 Å². The highest BCUT2D eigenvalue weighted by Crippen LogP contribution is 2.41. The van der Waals surface area contributed by atoms with Crippen LogP contribution in [0.25, 0.3) is 0 Å². The summed E-state index contributed by atoms with van der Waals surface area (Å²) in [5, 5.41) is 3.61. The Morgan fingerprint density at radius 1 is 1.17 bits per heavy atom. The predicted molar refractivity (Wildman–Crippen MR) is 107 cm³/mol. The highest BCUT2D eigenvalue weighted by Gasteiger charge is 2.45. The Morgan fingerprint density at radius 3 is 2.63 bits per heavy atom. The number of hydrogen-bond donors (Lipinski definition) is 0. The summed E-state index contributed by atoms with van der Waals surface area (Å²) in [6.07, 6.45) is 4.96. The average molecular weight is 432 g/mol. The first-order chi connectivity index (χ1) is 14.5. The van der Waals surface area contributed by atoms with Gasteiger partial charge in [-0.05, 0) is 43.7 Å². The molecule has 30 heavy (non-hydrogen) atoms. The van der Waals surface area contributed by atoms with Gasteiger partial charge in [-0.15, -0.1) is 0 Å². The van der Waals surface area contributed by atoms with Gasteiger partial charge in [-0.3, -0.25) is 4.79 Å². The van der Waals surface area contributed by atoms with Crippen molar-refractivity contribution >= 4 is 15.9 Å². The van der Waals surface area contributed by atoms with E-state index in [1.807, 2.05) is 0 Å². The lowest BCUT2D eigenvalue weighted by Crippen LogP contribution is -2.52. The number of likely N-dealkylation sites (tertiary alicyclic amines) is 1. The standard InChI is InChI=1S/C21H25N3O5S/c25-20(18-7-10-22-29-18)23-11-8-21(9-12-23)14-24(13-16-5-6-16)30(26,27)19-4-2-1-3-17(19)28-15-21/h1-4,7,10,16H,5-6,8-9,11-15H2. The zero-order valence-corrected chi connectivity index (χ0v) is 17.5. The van der Waals surface area contributed by atoms with Crippen LogP contribution in [0.1, 0.15) is 36.2 Å². The molecule has 3 aliphatic rings. The molecule has 3 heterocycles. The maximum Gasteiger partial charge on any atom is 0.292 e. The number of amides is 1. The Morgan fingerprint density at radius 2 is 1.93 bits per heavy atom. The van der Waals surface area contributed by atoms with E-state index in [2.05, 4.69) is 5.16 Å². The van der Waals surface area contributed by atoms with Gasteiger partial charge in [0.1, 0.15) is 10.6 Å². The van der Waals surface area contributed by atoms with Crippen molar-refractivity contribution in [3.05, 3.63) is 42.3 Å². The van der Waals surface area contributed by atoms with Crippen molar-refractivity contribution < 1.29 is 22.5 Å². The van der Waals surface area contributed by atoms with Crippen molar-refractivity contribution in [2.24, 2.45) is 11.3 Å². The number of fused-ring (bicyclic) bond motifs is 1. The lowest BCUT2D eigenvalue weighted by atomic mass is 9.78. The third-order valence-electron chi connectivity index (χ3n) is 6.43. The van der Waals surface area contributed by atoms with Gasteiger partial charge in [0.25, 0.3) is 5.91 Å². The van der Waals surface area contributed by atoms with E-state index in [-0.39, 0.29) is 22.0 Å². The Balaban J connectivity index is 1.40. The highest BCUT2D eigenvalue weighted by atomic mass is 32.2. The SMILES string of the molecule is O=C(c1ccno1)N1CCC2(CC1)COc1ccccc1S(=O)(=O)N(CC1CC1)C2. The van der Waals surface area contributed by atoms with Gasteiger partial charge in [0, 0.05) is 37.7 Å². The Bertz CT molecular complexity index is 1020. The molecule has 2 fully saturated rings. The molecule has 1 spiro atoms. The van der Waals surface area contributed by atoms with Crippen LogP contribution in [-0.4, -0.2) is 61.5 Å². The van der Waals surface area contributed by atoms with Crippen LogP contribution in [0.3, 0.4) is 0 Å². The third kappa shape index (κ3) is 3.60. The van der Waals surface area contributed by atoms with E-state index in [9.17, 15) is 13.2 Å². The molecule has 1 aliphatic carbocycles. The normalized spacial score (nSPS) is 23.3. The second-order valence-electron chi connectivity index (χ2n) is 8.65. The van der Waals surface area contributed by atoms with Crippen LogP contribution in [0.15, 0.2) is 45.9 Å². The third-order valence-corrected chi connectivity index (χ3v) is 8.28. The minimum Gasteiger partial charge on any atom is -0.492 e. The molecule has 2 aromatic rings. The first-order valence-electron chi connectivity index (χ1n) is 10.4. The molecule has 2 aliphatic heterocycles. The molecule has 160 valence electrons. The number of para-hydroxylation sites is 1. The molecule has 1 saturated carbocycles. The van der Waals surface area contributed by atoms with Crippen molar-refractivity contribution in [1.29, 1.82) is 0 Å². The monoisotopic (exact) mass is 431 g/mol. The maximum absolute atomic E-state index is 13.5. The number of carbonyl (C=O) groups excluding carboxylic acids is 1. The van der Waals surface area contributed by atoms with E-state index < -0.39 is 10.0 Å². The molecule has 1 aromatic carbocycles. The Hall–Kier alpha value is -2.39. The van der Waals surface area contributed by atoms with Gasteiger partial charge in [-0.1, -0.05) is 17.3 Å². The van der Waals surface area contributed by atoms with E-state index in [0.29, 0.717) is 57.3 Å². The quantitative estimate of drug-likeness (QED) is 0.741. The highest BCUT2D eigenvalue weighted by molar-refractivity contribution is 7.89. The van der Waals surface area contributed by atoms with Crippen molar-refractivity contribution in [3.8, 4) is 5.75 Å². The maximum atomic E-state index is 13.5. The molecule has 8 nitrogen and oxygen atoms in total. The van der Waals surface area contributed by atoms with Crippen molar-refractivity contribution in [1.82, 2.24) is 14.4 Å². The van der Waals surface area contributed by atoms with Gasteiger partial charge in [-0.25, -0.2) is 8.42 Å². The molecule has 0 N–H and O–H groups in total. The number of rotatable bonds is 3. The molecule has 0 unspecified atom stereocenters. The van der Waals surface area contributed by atoms with Gasteiger partial charge in [0.15, 0.2) is 0 Å². The summed E-state index contributed by atoms with van der Waals surface area (Å²) in [4.78, 5) is 14.6.